The van der Waals surface area contributed by atoms with Crippen molar-refractivity contribution in [1.29, 1.82) is 5.26 Å². The molecule has 0 radical (unpaired) electrons. The normalized spacial score (nSPS) is 10.5. The van der Waals surface area contributed by atoms with Gasteiger partial charge in [-0.25, -0.2) is 0 Å². The third-order valence-corrected chi connectivity index (χ3v) is 5.12. The molecule has 5 heteroatoms. The molecule has 3 aromatic rings. The molecule has 0 fully saturated rings. The highest BCUT2D eigenvalue weighted by Gasteiger charge is 2.10. The zero-order valence-corrected chi connectivity index (χ0v) is 13.7. The van der Waals surface area contributed by atoms with E-state index in [0.29, 0.717) is 5.56 Å². The van der Waals surface area contributed by atoms with Gasteiger partial charge in [0.2, 0.25) is 0 Å². The first-order chi connectivity index (χ1) is 10.2. The Morgan fingerprint density at radius 3 is 2.81 bits per heavy atom. The fourth-order valence-corrected chi connectivity index (χ4v) is 3.46. The lowest BCUT2D eigenvalue weighted by Crippen LogP contribution is -1.90. The van der Waals surface area contributed by atoms with E-state index in [1.54, 1.807) is 6.20 Å². The lowest BCUT2D eigenvalue weighted by Gasteiger charge is -2.09. The van der Waals surface area contributed by atoms with Crippen LogP contribution in [0, 0.1) is 18.3 Å². The molecule has 3 rings (SSSR count). The summed E-state index contributed by atoms with van der Waals surface area (Å²) in [7, 11) is 0. The second kappa shape index (κ2) is 5.84. The number of hydrogen-bond donors (Lipinski definition) is 2. The third-order valence-electron chi connectivity index (χ3n) is 3.27. The summed E-state index contributed by atoms with van der Waals surface area (Å²) in [5, 5.41) is 10.2. The van der Waals surface area contributed by atoms with Crippen LogP contribution in [0.25, 0.3) is 10.9 Å². The smallest absolute Gasteiger partial charge is 0.101 e. The zero-order valence-electron chi connectivity index (χ0n) is 11.3. The van der Waals surface area contributed by atoms with Gasteiger partial charge in [0.1, 0.15) is 6.07 Å². The van der Waals surface area contributed by atoms with E-state index in [9.17, 15) is 5.26 Å². The number of nitrogens with one attached hydrogen (secondary N) is 2. The Bertz CT molecular complexity index is 848. The Labute approximate surface area is 135 Å². The Hall–Kier alpha value is -1.90. The van der Waals surface area contributed by atoms with Crippen LogP contribution in [0.5, 0.6) is 0 Å². The number of fused-ring (bicyclic) bond motifs is 1. The van der Waals surface area contributed by atoms with Gasteiger partial charge < -0.3 is 9.71 Å². The molecule has 104 valence electrons. The predicted octanol–water partition coefficient (Wildman–Crippen LogP) is 5.23. The molecular weight excluding hydrogens is 346 g/mol. The van der Waals surface area contributed by atoms with Gasteiger partial charge in [-0.3, -0.25) is 0 Å². The zero-order chi connectivity index (χ0) is 14.8. The van der Waals surface area contributed by atoms with Crippen molar-refractivity contribution >= 4 is 44.5 Å². The molecule has 0 saturated heterocycles. The van der Waals surface area contributed by atoms with Crippen molar-refractivity contribution in [1.82, 2.24) is 4.98 Å². The summed E-state index contributed by atoms with van der Waals surface area (Å²) in [6.45, 7) is 2.02. The van der Waals surface area contributed by atoms with Crippen LogP contribution in [-0.2, 0) is 0 Å². The van der Waals surface area contributed by atoms with Gasteiger partial charge in [0.05, 0.1) is 16.8 Å². The Kier molecular flexibility index (Phi) is 3.91. The summed E-state index contributed by atoms with van der Waals surface area (Å²) in [5.74, 6) is 0. The molecular formula is C16H12BrN3S. The van der Waals surface area contributed by atoms with Gasteiger partial charge in [0, 0.05) is 21.0 Å². The number of aromatic amines is 1. The monoisotopic (exact) mass is 357 g/mol. The third kappa shape index (κ3) is 2.65. The highest BCUT2D eigenvalue weighted by molar-refractivity contribution is 9.10. The summed E-state index contributed by atoms with van der Waals surface area (Å²) in [6.07, 6.45) is 1.76. The van der Waals surface area contributed by atoms with Crippen molar-refractivity contribution in [3.63, 3.8) is 0 Å². The maximum Gasteiger partial charge on any atom is 0.101 e. The first-order valence-corrected chi connectivity index (χ1v) is 8.00. The number of nitrogens with zero attached hydrogens (tertiary/aromatic N) is 1. The van der Waals surface area contributed by atoms with E-state index >= 15 is 0 Å². The first-order valence-electron chi connectivity index (χ1n) is 6.39. The van der Waals surface area contributed by atoms with Crippen molar-refractivity contribution in [2.75, 3.05) is 4.72 Å². The predicted molar refractivity (Wildman–Crippen MR) is 91.4 cm³/mol. The number of aromatic nitrogens is 1. The van der Waals surface area contributed by atoms with Crippen molar-refractivity contribution in [2.24, 2.45) is 0 Å². The minimum atomic E-state index is 0.678. The molecule has 0 amide bonds. The number of rotatable bonds is 3. The molecule has 0 aliphatic carbocycles. The maximum absolute atomic E-state index is 9.18. The first kappa shape index (κ1) is 14.1. The van der Waals surface area contributed by atoms with E-state index < -0.39 is 0 Å². The average molecular weight is 358 g/mol. The van der Waals surface area contributed by atoms with Gasteiger partial charge in [-0.05, 0) is 58.6 Å². The van der Waals surface area contributed by atoms with Crippen molar-refractivity contribution < 1.29 is 0 Å². The molecule has 1 heterocycles. The summed E-state index contributed by atoms with van der Waals surface area (Å²) < 4.78 is 4.41. The minimum absolute atomic E-state index is 0.678. The number of nitriles is 1. The number of benzene rings is 2. The van der Waals surface area contributed by atoms with Gasteiger partial charge in [-0.15, -0.1) is 0 Å². The molecule has 2 aromatic carbocycles. The highest BCUT2D eigenvalue weighted by Crippen LogP contribution is 2.33. The molecule has 0 spiro atoms. The topological polar surface area (TPSA) is 51.6 Å². The van der Waals surface area contributed by atoms with E-state index in [1.165, 1.54) is 11.9 Å². The van der Waals surface area contributed by atoms with Gasteiger partial charge in [-0.1, -0.05) is 18.2 Å². The van der Waals surface area contributed by atoms with E-state index in [1.807, 2.05) is 43.3 Å². The Balaban J connectivity index is 1.95. The number of anilines is 1. The number of hydrogen-bond acceptors (Lipinski definition) is 3. The van der Waals surface area contributed by atoms with Gasteiger partial charge in [-0.2, -0.15) is 5.26 Å². The van der Waals surface area contributed by atoms with Crippen LogP contribution >= 0.6 is 27.9 Å². The summed E-state index contributed by atoms with van der Waals surface area (Å²) >= 11 is 5.07. The SMILES string of the molecule is Cc1ccc(NSc2ccccc2Br)c2[nH]cc(C#N)c12. The van der Waals surface area contributed by atoms with Crippen LogP contribution < -0.4 is 4.72 Å². The van der Waals surface area contributed by atoms with Gasteiger partial charge in [0.15, 0.2) is 0 Å². The highest BCUT2D eigenvalue weighted by atomic mass is 79.9. The van der Waals surface area contributed by atoms with Crippen LogP contribution in [0.1, 0.15) is 11.1 Å². The Morgan fingerprint density at radius 2 is 2.05 bits per heavy atom. The van der Waals surface area contributed by atoms with Crippen molar-refractivity contribution in [2.45, 2.75) is 11.8 Å². The molecule has 0 atom stereocenters. The molecule has 21 heavy (non-hydrogen) atoms. The summed E-state index contributed by atoms with van der Waals surface area (Å²) in [4.78, 5) is 4.30. The summed E-state index contributed by atoms with van der Waals surface area (Å²) in [6, 6.07) is 14.3. The number of halogens is 1. The largest absolute Gasteiger partial charge is 0.358 e. The van der Waals surface area contributed by atoms with Crippen LogP contribution in [-0.4, -0.2) is 4.98 Å². The molecule has 2 N–H and O–H groups in total. The fourth-order valence-electron chi connectivity index (χ4n) is 2.23. The van der Waals surface area contributed by atoms with Gasteiger partial charge >= 0.3 is 0 Å². The maximum atomic E-state index is 9.18. The molecule has 0 bridgehead atoms. The second-order valence-corrected chi connectivity index (χ2v) is 6.33. The van der Waals surface area contributed by atoms with Crippen LogP contribution in [0.4, 0.5) is 5.69 Å². The van der Waals surface area contributed by atoms with Crippen LogP contribution in [0.2, 0.25) is 0 Å². The average Bonchev–Trinajstić information content (AvgIpc) is 2.93. The fraction of sp³-hybridized carbons (Fsp3) is 0.0625. The minimum Gasteiger partial charge on any atom is -0.358 e. The van der Waals surface area contributed by atoms with Crippen molar-refractivity contribution in [3.8, 4) is 6.07 Å². The standard InChI is InChI=1S/C16H12BrN3S/c1-10-6-7-13(16-15(10)11(8-18)9-19-16)20-21-14-5-3-2-4-12(14)17/h2-7,9,19-20H,1H3. The van der Waals surface area contributed by atoms with Gasteiger partial charge in [0.25, 0.3) is 0 Å². The lowest BCUT2D eigenvalue weighted by molar-refractivity contribution is 1.41. The summed E-state index contributed by atoms with van der Waals surface area (Å²) in [5.41, 5.74) is 3.71. The molecule has 0 saturated carbocycles. The second-order valence-electron chi connectivity index (χ2n) is 4.63. The number of aryl methyl sites for hydroxylation is 1. The Morgan fingerprint density at radius 1 is 1.24 bits per heavy atom. The lowest BCUT2D eigenvalue weighted by atomic mass is 10.1. The van der Waals surface area contributed by atoms with E-state index in [-0.39, 0.29) is 0 Å². The molecule has 3 nitrogen and oxygen atoms in total. The quantitative estimate of drug-likeness (QED) is 0.631. The molecule has 0 unspecified atom stereocenters. The molecule has 0 aliphatic rings. The van der Waals surface area contributed by atoms with E-state index in [4.69, 9.17) is 0 Å². The van der Waals surface area contributed by atoms with E-state index in [0.717, 1.165) is 31.5 Å². The van der Waals surface area contributed by atoms with Crippen LogP contribution in [0.15, 0.2) is 52.0 Å². The van der Waals surface area contributed by atoms with E-state index in [2.05, 4.69) is 31.7 Å². The van der Waals surface area contributed by atoms with Crippen molar-refractivity contribution in [3.05, 3.63) is 58.2 Å². The molecule has 1 aromatic heterocycles. The van der Waals surface area contributed by atoms with Crippen LogP contribution in [0.3, 0.4) is 0 Å². The number of H-pyrrole nitrogens is 1. The molecule has 0 aliphatic heterocycles.